The quantitative estimate of drug-likeness (QED) is 0.861. The minimum atomic E-state index is 0.231. The number of rotatable bonds is 3. The number of likely N-dealkylation sites (N-methyl/N-ethyl adjacent to an activating group) is 1. The molecule has 2 aliphatic rings. The molecule has 0 radical (unpaired) electrons. The summed E-state index contributed by atoms with van der Waals surface area (Å²) in [6, 6.07) is 8.62. The molecule has 2 heterocycles. The molecule has 2 atom stereocenters. The molecule has 1 aromatic rings. The molecular weight excluding hydrogens is 276 g/mol. The number of carbonyl (C=O) groups excluding carboxylic acids is 1. The predicted molar refractivity (Wildman–Crippen MR) is 87.9 cm³/mol. The summed E-state index contributed by atoms with van der Waals surface area (Å²) < 4.78 is 5.64. The van der Waals surface area contributed by atoms with Gasteiger partial charge in [-0.1, -0.05) is 18.2 Å². The summed E-state index contributed by atoms with van der Waals surface area (Å²) in [4.78, 5) is 17.0. The third kappa shape index (κ3) is 3.27. The monoisotopic (exact) mass is 302 g/mol. The zero-order valence-corrected chi connectivity index (χ0v) is 13.6. The fourth-order valence-electron chi connectivity index (χ4n) is 3.58. The number of anilines is 1. The second-order valence-electron chi connectivity index (χ2n) is 6.55. The molecule has 1 fully saturated rings. The van der Waals surface area contributed by atoms with Crippen LogP contribution in [0.15, 0.2) is 24.3 Å². The van der Waals surface area contributed by atoms with Gasteiger partial charge in [-0.2, -0.15) is 0 Å². The number of carbonyl (C=O) groups is 1. The maximum absolute atomic E-state index is 12.7. The zero-order chi connectivity index (χ0) is 15.5. The van der Waals surface area contributed by atoms with Crippen LogP contribution in [0.5, 0.6) is 0 Å². The molecule has 1 saturated heterocycles. The summed E-state index contributed by atoms with van der Waals surface area (Å²) >= 11 is 0. The van der Waals surface area contributed by atoms with Crippen molar-refractivity contribution in [3.63, 3.8) is 0 Å². The standard InChI is InChI=1S/C18H26N2O2/c1-14-12-19(2)17-8-4-3-6-15(17)13-20(14)18(21)10-9-16-7-5-11-22-16/h3-4,6,8,14,16H,5,7,9-13H2,1-2H3/t14-,16+/m1/s1. The van der Waals surface area contributed by atoms with E-state index in [1.165, 1.54) is 11.3 Å². The second kappa shape index (κ2) is 6.69. The maximum atomic E-state index is 12.7. The van der Waals surface area contributed by atoms with Gasteiger partial charge in [-0.3, -0.25) is 4.79 Å². The Morgan fingerprint density at radius 2 is 2.18 bits per heavy atom. The van der Waals surface area contributed by atoms with E-state index >= 15 is 0 Å². The van der Waals surface area contributed by atoms with Crippen molar-refractivity contribution in [2.45, 2.75) is 51.3 Å². The Morgan fingerprint density at radius 1 is 1.36 bits per heavy atom. The van der Waals surface area contributed by atoms with Crippen molar-refractivity contribution in [1.29, 1.82) is 0 Å². The van der Waals surface area contributed by atoms with Crippen molar-refractivity contribution in [1.82, 2.24) is 4.90 Å². The maximum Gasteiger partial charge on any atom is 0.223 e. The third-order valence-electron chi connectivity index (χ3n) is 4.84. The number of ether oxygens (including phenoxy) is 1. The van der Waals surface area contributed by atoms with Crippen molar-refractivity contribution in [2.75, 3.05) is 25.1 Å². The lowest BCUT2D eigenvalue weighted by atomic mass is 10.1. The number of hydrogen-bond acceptors (Lipinski definition) is 3. The molecule has 3 rings (SSSR count). The topological polar surface area (TPSA) is 32.8 Å². The minimum Gasteiger partial charge on any atom is -0.378 e. The van der Waals surface area contributed by atoms with Crippen molar-refractivity contribution >= 4 is 11.6 Å². The van der Waals surface area contributed by atoms with Gasteiger partial charge < -0.3 is 14.5 Å². The largest absolute Gasteiger partial charge is 0.378 e. The Morgan fingerprint density at radius 3 is 2.95 bits per heavy atom. The van der Waals surface area contributed by atoms with Gasteiger partial charge in [0.25, 0.3) is 0 Å². The molecule has 22 heavy (non-hydrogen) atoms. The summed E-state index contributed by atoms with van der Waals surface area (Å²) in [5.74, 6) is 0.258. The van der Waals surface area contributed by atoms with E-state index in [4.69, 9.17) is 4.74 Å². The molecule has 0 spiro atoms. The highest BCUT2D eigenvalue weighted by Gasteiger charge is 2.27. The lowest BCUT2D eigenvalue weighted by molar-refractivity contribution is -0.134. The normalized spacial score (nSPS) is 25.0. The highest BCUT2D eigenvalue weighted by atomic mass is 16.5. The van der Waals surface area contributed by atoms with Crippen LogP contribution in [0.1, 0.15) is 38.2 Å². The van der Waals surface area contributed by atoms with Crippen LogP contribution in [-0.4, -0.2) is 43.2 Å². The van der Waals surface area contributed by atoms with E-state index in [2.05, 4.69) is 43.1 Å². The van der Waals surface area contributed by atoms with Gasteiger partial charge in [-0.15, -0.1) is 0 Å². The highest BCUT2D eigenvalue weighted by molar-refractivity contribution is 5.77. The summed E-state index contributed by atoms with van der Waals surface area (Å²) in [6.07, 6.45) is 3.99. The van der Waals surface area contributed by atoms with Gasteiger partial charge >= 0.3 is 0 Å². The van der Waals surface area contributed by atoms with Crippen LogP contribution in [0.4, 0.5) is 5.69 Å². The highest BCUT2D eigenvalue weighted by Crippen LogP contribution is 2.27. The molecule has 120 valence electrons. The molecule has 0 N–H and O–H groups in total. The molecule has 0 unspecified atom stereocenters. The van der Waals surface area contributed by atoms with Crippen LogP contribution < -0.4 is 4.90 Å². The number of fused-ring (bicyclic) bond motifs is 1. The summed E-state index contributed by atoms with van der Waals surface area (Å²) in [5, 5.41) is 0. The lowest BCUT2D eigenvalue weighted by Crippen LogP contribution is -2.42. The molecule has 1 amide bonds. The Hall–Kier alpha value is -1.55. The Balaban J connectivity index is 1.68. The summed E-state index contributed by atoms with van der Waals surface area (Å²) in [6.45, 7) is 4.60. The second-order valence-corrected chi connectivity index (χ2v) is 6.55. The van der Waals surface area contributed by atoms with E-state index in [1.54, 1.807) is 0 Å². The van der Waals surface area contributed by atoms with E-state index in [1.807, 2.05) is 4.90 Å². The average molecular weight is 302 g/mol. The van der Waals surface area contributed by atoms with E-state index in [0.717, 1.165) is 32.4 Å². The van der Waals surface area contributed by atoms with Gasteiger partial charge in [0.1, 0.15) is 0 Å². The van der Waals surface area contributed by atoms with Crippen molar-refractivity contribution in [3.8, 4) is 0 Å². The van der Waals surface area contributed by atoms with Crippen molar-refractivity contribution < 1.29 is 9.53 Å². The Bertz CT molecular complexity index is 526. The average Bonchev–Trinajstić information content (AvgIpc) is 2.99. The van der Waals surface area contributed by atoms with E-state index in [9.17, 15) is 4.79 Å². The SMILES string of the molecule is C[C@@H]1CN(C)c2ccccc2CN1C(=O)CC[C@@H]1CCCO1. The van der Waals surface area contributed by atoms with Crippen LogP contribution in [0.2, 0.25) is 0 Å². The summed E-state index contributed by atoms with van der Waals surface area (Å²) in [7, 11) is 2.11. The molecular formula is C18H26N2O2. The Kier molecular flexibility index (Phi) is 4.67. The van der Waals surface area contributed by atoms with Gasteiger partial charge in [0, 0.05) is 44.9 Å². The first-order valence-corrected chi connectivity index (χ1v) is 8.35. The fourth-order valence-corrected chi connectivity index (χ4v) is 3.58. The number of amides is 1. The van der Waals surface area contributed by atoms with Crippen LogP contribution >= 0.6 is 0 Å². The van der Waals surface area contributed by atoms with Crippen molar-refractivity contribution in [3.05, 3.63) is 29.8 Å². The van der Waals surface area contributed by atoms with Gasteiger partial charge in [0.15, 0.2) is 0 Å². The number of benzene rings is 1. The smallest absolute Gasteiger partial charge is 0.223 e. The molecule has 0 aromatic heterocycles. The number of para-hydroxylation sites is 1. The van der Waals surface area contributed by atoms with Gasteiger partial charge in [-0.25, -0.2) is 0 Å². The minimum absolute atomic E-state index is 0.231. The third-order valence-corrected chi connectivity index (χ3v) is 4.84. The predicted octanol–water partition coefficient (Wildman–Crippen LogP) is 2.81. The molecule has 1 aromatic carbocycles. The first-order chi connectivity index (χ1) is 10.6. The van der Waals surface area contributed by atoms with Crippen LogP contribution in [-0.2, 0) is 16.1 Å². The lowest BCUT2D eigenvalue weighted by Gasteiger charge is -2.29. The van der Waals surface area contributed by atoms with Gasteiger partial charge in [-0.05, 0) is 37.8 Å². The molecule has 0 saturated carbocycles. The van der Waals surface area contributed by atoms with Gasteiger partial charge in [0.2, 0.25) is 5.91 Å². The van der Waals surface area contributed by atoms with Crippen molar-refractivity contribution in [2.24, 2.45) is 0 Å². The van der Waals surface area contributed by atoms with Gasteiger partial charge in [0.05, 0.1) is 6.10 Å². The Labute approximate surface area is 133 Å². The number of hydrogen-bond donors (Lipinski definition) is 0. The van der Waals surface area contributed by atoms with E-state index in [-0.39, 0.29) is 11.9 Å². The zero-order valence-electron chi connectivity index (χ0n) is 13.6. The van der Waals surface area contributed by atoms with Crippen LogP contribution in [0, 0.1) is 0 Å². The molecule has 4 heteroatoms. The fraction of sp³-hybridized carbons (Fsp3) is 0.611. The van der Waals surface area contributed by atoms with Crippen LogP contribution in [0.3, 0.4) is 0 Å². The molecule has 4 nitrogen and oxygen atoms in total. The molecule has 2 aliphatic heterocycles. The first-order valence-electron chi connectivity index (χ1n) is 8.35. The van der Waals surface area contributed by atoms with Crippen LogP contribution in [0.25, 0.3) is 0 Å². The molecule has 0 bridgehead atoms. The molecule has 0 aliphatic carbocycles. The van der Waals surface area contributed by atoms with E-state index < -0.39 is 0 Å². The summed E-state index contributed by atoms with van der Waals surface area (Å²) in [5.41, 5.74) is 2.48. The first kappa shape index (κ1) is 15.3. The number of nitrogens with zero attached hydrogens (tertiary/aromatic N) is 2. The van der Waals surface area contributed by atoms with E-state index in [0.29, 0.717) is 19.1 Å².